The molecule has 0 aliphatic heterocycles. The molecule has 0 radical (unpaired) electrons. The second-order valence-electron chi connectivity index (χ2n) is 5.75. The van der Waals surface area contributed by atoms with Crippen LogP contribution in [0, 0.1) is 12.7 Å². The number of aliphatic carboxylic acids is 1. The van der Waals surface area contributed by atoms with Gasteiger partial charge in [0.25, 0.3) is 0 Å². The predicted molar refractivity (Wildman–Crippen MR) is 87.3 cm³/mol. The summed E-state index contributed by atoms with van der Waals surface area (Å²) in [5.74, 6) is -2.28. The molecule has 0 fully saturated rings. The molecule has 0 aliphatic carbocycles. The Bertz CT molecular complexity index is 834. The van der Waals surface area contributed by atoms with Gasteiger partial charge in [0.2, 0.25) is 0 Å². The molecule has 0 amide bonds. The van der Waals surface area contributed by atoms with Crippen LogP contribution in [-0.2, 0) is 11.0 Å². The van der Waals surface area contributed by atoms with E-state index in [1.165, 1.54) is 38.3 Å². The van der Waals surface area contributed by atoms with E-state index in [1.54, 1.807) is 0 Å². The average Bonchev–Trinajstić information content (AvgIpc) is 2.55. The highest BCUT2D eigenvalue weighted by atomic mass is 19.4. The third-order valence-corrected chi connectivity index (χ3v) is 3.92. The maximum absolute atomic E-state index is 14.6. The summed E-state index contributed by atoms with van der Waals surface area (Å²) in [5, 5.41) is 8.91. The normalized spacial score (nSPS) is 12.7. The summed E-state index contributed by atoms with van der Waals surface area (Å²) in [6.45, 7) is 1.37. The molecule has 0 saturated carbocycles. The van der Waals surface area contributed by atoms with Crippen molar-refractivity contribution in [3.8, 4) is 16.9 Å². The van der Waals surface area contributed by atoms with Gasteiger partial charge in [-0.3, -0.25) is 4.79 Å². The van der Waals surface area contributed by atoms with E-state index in [1.807, 2.05) is 0 Å². The molecule has 1 atom stereocenters. The third kappa shape index (κ3) is 3.80. The minimum Gasteiger partial charge on any atom is -0.496 e. The smallest absolute Gasteiger partial charge is 0.417 e. The molecule has 4 nitrogen and oxygen atoms in total. The van der Waals surface area contributed by atoms with Crippen LogP contribution >= 0.6 is 0 Å². The van der Waals surface area contributed by atoms with E-state index >= 15 is 0 Å². The van der Waals surface area contributed by atoms with Crippen molar-refractivity contribution < 1.29 is 32.2 Å². The minimum absolute atomic E-state index is 0.00448. The first-order valence-corrected chi connectivity index (χ1v) is 7.58. The Labute approximate surface area is 147 Å². The van der Waals surface area contributed by atoms with Crippen LogP contribution in [0.2, 0.25) is 0 Å². The standard InChI is InChI=1S/C18H17F4NO3/c1-9-7-11(10-5-3-4-6-12(10)18(20,21)22)17(26-2)15(16(9)19)13(23)8-14(24)25/h3-7,13H,8,23H2,1-2H3,(H,24,25). The average molecular weight is 371 g/mol. The van der Waals surface area contributed by atoms with Gasteiger partial charge in [-0.25, -0.2) is 4.39 Å². The van der Waals surface area contributed by atoms with Crippen molar-refractivity contribution in [3.63, 3.8) is 0 Å². The van der Waals surface area contributed by atoms with Crippen molar-refractivity contribution in [1.82, 2.24) is 0 Å². The number of hydrogen-bond acceptors (Lipinski definition) is 3. The molecule has 140 valence electrons. The van der Waals surface area contributed by atoms with Crippen molar-refractivity contribution in [1.29, 1.82) is 0 Å². The zero-order valence-corrected chi connectivity index (χ0v) is 14.0. The van der Waals surface area contributed by atoms with E-state index < -0.39 is 36.0 Å². The summed E-state index contributed by atoms with van der Waals surface area (Å²) < 4.78 is 59.9. The molecule has 0 aromatic heterocycles. The zero-order valence-electron chi connectivity index (χ0n) is 14.0. The van der Waals surface area contributed by atoms with Crippen LogP contribution in [-0.4, -0.2) is 18.2 Å². The monoisotopic (exact) mass is 371 g/mol. The van der Waals surface area contributed by atoms with E-state index in [-0.39, 0.29) is 28.0 Å². The van der Waals surface area contributed by atoms with E-state index in [9.17, 15) is 22.4 Å². The van der Waals surface area contributed by atoms with E-state index in [0.717, 1.165) is 6.07 Å². The van der Waals surface area contributed by atoms with Gasteiger partial charge in [0, 0.05) is 17.2 Å². The molecular weight excluding hydrogens is 354 g/mol. The number of carboxylic acids is 1. The van der Waals surface area contributed by atoms with E-state index in [2.05, 4.69) is 0 Å². The summed E-state index contributed by atoms with van der Waals surface area (Å²) in [4.78, 5) is 10.9. The number of alkyl halides is 3. The summed E-state index contributed by atoms with van der Waals surface area (Å²) in [7, 11) is 1.17. The molecule has 0 heterocycles. The number of rotatable bonds is 5. The first kappa shape index (κ1) is 19.7. The molecule has 0 spiro atoms. The van der Waals surface area contributed by atoms with Gasteiger partial charge in [0.05, 0.1) is 19.1 Å². The van der Waals surface area contributed by atoms with Gasteiger partial charge in [0.1, 0.15) is 11.6 Å². The number of nitrogens with two attached hydrogens (primary N) is 1. The van der Waals surface area contributed by atoms with Crippen LogP contribution in [0.5, 0.6) is 5.75 Å². The third-order valence-electron chi connectivity index (χ3n) is 3.92. The Balaban J connectivity index is 2.80. The number of carboxylic acid groups (broad SMARTS) is 1. The first-order valence-electron chi connectivity index (χ1n) is 7.58. The molecule has 3 N–H and O–H groups in total. The Morgan fingerprint density at radius 3 is 2.42 bits per heavy atom. The van der Waals surface area contributed by atoms with Crippen molar-refractivity contribution in [3.05, 3.63) is 52.8 Å². The van der Waals surface area contributed by atoms with Gasteiger partial charge in [0.15, 0.2) is 0 Å². The van der Waals surface area contributed by atoms with Gasteiger partial charge in [-0.05, 0) is 30.2 Å². The summed E-state index contributed by atoms with van der Waals surface area (Å²) in [6, 6.07) is 4.76. The van der Waals surface area contributed by atoms with Crippen LogP contribution in [0.15, 0.2) is 30.3 Å². The Kier molecular flexibility index (Phi) is 5.56. The van der Waals surface area contributed by atoms with Crippen LogP contribution in [0.3, 0.4) is 0 Å². The number of methoxy groups -OCH3 is 1. The molecular formula is C18H17F4NO3. The number of hydrogen-bond donors (Lipinski definition) is 2. The topological polar surface area (TPSA) is 72.5 Å². The second kappa shape index (κ2) is 7.33. The predicted octanol–water partition coefficient (Wildman–Crippen LogP) is 4.30. The van der Waals surface area contributed by atoms with Crippen molar-refractivity contribution >= 4 is 5.97 Å². The fourth-order valence-electron chi connectivity index (χ4n) is 2.81. The van der Waals surface area contributed by atoms with Crippen LogP contribution in [0.25, 0.3) is 11.1 Å². The van der Waals surface area contributed by atoms with Crippen LogP contribution < -0.4 is 10.5 Å². The fourth-order valence-corrected chi connectivity index (χ4v) is 2.81. The summed E-state index contributed by atoms with van der Waals surface area (Å²) >= 11 is 0. The SMILES string of the molecule is COc1c(-c2ccccc2C(F)(F)F)cc(C)c(F)c1C(N)CC(=O)O. The number of ether oxygens (including phenoxy) is 1. The number of halogens is 4. The first-order chi connectivity index (χ1) is 12.1. The van der Waals surface area contributed by atoms with E-state index in [4.69, 9.17) is 15.6 Å². The lowest BCUT2D eigenvalue weighted by molar-refractivity contribution is -0.138. The lowest BCUT2D eigenvalue weighted by Gasteiger charge is -2.22. The molecule has 0 saturated heterocycles. The number of aryl methyl sites for hydroxylation is 1. The minimum atomic E-state index is -4.63. The van der Waals surface area contributed by atoms with Gasteiger partial charge < -0.3 is 15.6 Å². The van der Waals surface area contributed by atoms with Crippen molar-refractivity contribution in [2.24, 2.45) is 5.73 Å². The highest BCUT2D eigenvalue weighted by Crippen LogP contribution is 2.44. The Morgan fingerprint density at radius 1 is 1.27 bits per heavy atom. The molecule has 2 rings (SSSR count). The van der Waals surface area contributed by atoms with Crippen molar-refractivity contribution in [2.45, 2.75) is 25.6 Å². The van der Waals surface area contributed by atoms with E-state index in [0.29, 0.717) is 0 Å². The molecule has 0 aliphatic rings. The summed E-state index contributed by atoms with van der Waals surface area (Å²) in [6.07, 6.45) is -5.23. The van der Waals surface area contributed by atoms with Crippen LogP contribution in [0.4, 0.5) is 17.6 Å². The molecule has 26 heavy (non-hydrogen) atoms. The van der Waals surface area contributed by atoms with Gasteiger partial charge in [-0.2, -0.15) is 13.2 Å². The highest BCUT2D eigenvalue weighted by molar-refractivity contribution is 5.77. The largest absolute Gasteiger partial charge is 0.496 e. The van der Waals surface area contributed by atoms with Gasteiger partial charge in [-0.15, -0.1) is 0 Å². The molecule has 1 unspecified atom stereocenters. The lowest BCUT2D eigenvalue weighted by atomic mass is 9.91. The maximum atomic E-state index is 14.6. The van der Waals surface area contributed by atoms with Crippen molar-refractivity contribution in [2.75, 3.05) is 7.11 Å². The molecule has 2 aromatic rings. The summed E-state index contributed by atoms with van der Waals surface area (Å²) in [5.41, 5.74) is 4.44. The Hall–Kier alpha value is -2.61. The fraction of sp³-hybridized carbons (Fsp3) is 0.278. The molecule has 8 heteroatoms. The number of carbonyl (C=O) groups is 1. The maximum Gasteiger partial charge on any atom is 0.417 e. The van der Waals surface area contributed by atoms with Crippen LogP contribution in [0.1, 0.15) is 29.2 Å². The molecule has 0 bridgehead atoms. The Morgan fingerprint density at radius 2 is 1.88 bits per heavy atom. The highest BCUT2D eigenvalue weighted by Gasteiger charge is 2.35. The quantitative estimate of drug-likeness (QED) is 0.769. The lowest BCUT2D eigenvalue weighted by Crippen LogP contribution is -2.18. The van der Waals surface area contributed by atoms with Gasteiger partial charge in [-0.1, -0.05) is 18.2 Å². The zero-order chi connectivity index (χ0) is 19.6. The number of benzene rings is 2. The second-order valence-corrected chi connectivity index (χ2v) is 5.75. The molecule has 2 aromatic carbocycles. The van der Waals surface area contributed by atoms with Gasteiger partial charge >= 0.3 is 12.1 Å².